The van der Waals surface area contributed by atoms with E-state index < -0.39 is 7.82 Å². The highest BCUT2D eigenvalue weighted by Crippen LogP contribution is 2.44. The molecule has 182 valence electrons. The van der Waals surface area contributed by atoms with E-state index in [0.29, 0.717) is 25.0 Å². The first kappa shape index (κ1) is 28.8. The standard InChI is InChI=1S/C16H35O4P.C11H10/c1-5-9-11-15(7-3)13-19-21(17,18)20-14-16(8-4)12-10-6-2;1-9-5-4-7-10-6-2-3-8-11(9)10/h15-16H,5-14H2,1-4H3,(H,17,18);2-8H,1H3. The van der Waals surface area contributed by atoms with Gasteiger partial charge in [-0.15, -0.1) is 0 Å². The average Bonchev–Trinajstić information content (AvgIpc) is 2.80. The molecule has 0 aliphatic carbocycles. The molecule has 2 atom stereocenters. The summed E-state index contributed by atoms with van der Waals surface area (Å²) in [6, 6.07) is 14.8. The number of unbranched alkanes of at least 4 members (excludes halogenated alkanes) is 2. The molecular weight excluding hydrogens is 419 g/mol. The second kappa shape index (κ2) is 16.4. The monoisotopic (exact) mass is 464 g/mol. The van der Waals surface area contributed by atoms with Gasteiger partial charge in [-0.25, -0.2) is 4.57 Å². The summed E-state index contributed by atoms with van der Waals surface area (Å²) in [6.45, 7) is 11.2. The third kappa shape index (κ3) is 11.6. The summed E-state index contributed by atoms with van der Waals surface area (Å²) < 4.78 is 22.2. The third-order valence-corrected chi connectivity index (χ3v) is 6.99. The van der Waals surface area contributed by atoms with Crippen LogP contribution in [0.3, 0.4) is 0 Å². The molecule has 0 bridgehead atoms. The van der Waals surface area contributed by atoms with Crippen LogP contribution in [0.5, 0.6) is 0 Å². The van der Waals surface area contributed by atoms with Crippen molar-refractivity contribution in [1.29, 1.82) is 0 Å². The predicted octanol–water partition coefficient (Wildman–Crippen LogP) is 8.70. The topological polar surface area (TPSA) is 55.8 Å². The smallest absolute Gasteiger partial charge is 0.302 e. The van der Waals surface area contributed by atoms with E-state index in [1.807, 2.05) is 0 Å². The number of aryl methyl sites for hydroxylation is 1. The number of hydrogen-bond acceptors (Lipinski definition) is 3. The summed E-state index contributed by atoms with van der Waals surface area (Å²) in [7, 11) is -3.89. The van der Waals surface area contributed by atoms with Gasteiger partial charge in [-0.2, -0.15) is 0 Å². The zero-order valence-electron chi connectivity index (χ0n) is 20.9. The van der Waals surface area contributed by atoms with Crippen molar-refractivity contribution in [2.75, 3.05) is 13.2 Å². The van der Waals surface area contributed by atoms with Crippen LogP contribution in [0.2, 0.25) is 0 Å². The zero-order chi connectivity index (χ0) is 23.8. The number of fused-ring (bicyclic) bond motifs is 1. The van der Waals surface area contributed by atoms with Gasteiger partial charge in [0.2, 0.25) is 0 Å². The molecule has 0 saturated carbocycles. The second-order valence-corrected chi connectivity index (χ2v) is 10.1. The summed E-state index contributed by atoms with van der Waals surface area (Å²) in [5.41, 5.74) is 1.35. The molecule has 2 aromatic carbocycles. The Morgan fingerprint density at radius 2 is 1.31 bits per heavy atom. The van der Waals surface area contributed by atoms with Crippen LogP contribution < -0.4 is 0 Å². The summed E-state index contributed by atoms with van der Waals surface area (Å²) in [4.78, 5) is 9.77. The molecule has 0 spiro atoms. The summed E-state index contributed by atoms with van der Waals surface area (Å²) >= 11 is 0. The van der Waals surface area contributed by atoms with Crippen LogP contribution >= 0.6 is 7.82 Å². The van der Waals surface area contributed by atoms with Crippen molar-refractivity contribution >= 4 is 18.6 Å². The highest BCUT2D eigenvalue weighted by molar-refractivity contribution is 7.47. The second-order valence-electron chi connectivity index (χ2n) is 8.69. The maximum absolute atomic E-state index is 11.9. The Kier molecular flexibility index (Phi) is 14.8. The maximum Gasteiger partial charge on any atom is 0.472 e. The molecular formula is C27H45O4P. The van der Waals surface area contributed by atoms with Crippen molar-refractivity contribution in [3.63, 3.8) is 0 Å². The number of benzene rings is 2. The molecule has 0 radical (unpaired) electrons. The molecule has 2 unspecified atom stereocenters. The van der Waals surface area contributed by atoms with Gasteiger partial charge in [0, 0.05) is 0 Å². The van der Waals surface area contributed by atoms with Gasteiger partial charge >= 0.3 is 7.82 Å². The molecule has 0 amide bonds. The molecule has 0 saturated heterocycles. The summed E-state index contributed by atoms with van der Waals surface area (Å²) in [6.07, 6.45) is 8.56. The molecule has 0 aliphatic rings. The highest BCUT2D eigenvalue weighted by Gasteiger charge is 2.24. The summed E-state index contributed by atoms with van der Waals surface area (Å²) in [5, 5.41) is 2.68. The van der Waals surface area contributed by atoms with E-state index in [2.05, 4.69) is 77.1 Å². The first-order valence-corrected chi connectivity index (χ1v) is 13.9. The molecule has 2 rings (SSSR count). The minimum absolute atomic E-state index is 0.316. The molecule has 2 aromatic rings. The van der Waals surface area contributed by atoms with Crippen LogP contribution in [0.1, 0.15) is 84.6 Å². The average molecular weight is 465 g/mol. The first-order valence-electron chi connectivity index (χ1n) is 12.4. The lowest BCUT2D eigenvalue weighted by atomic mass is 10.0. The molecule has 1 N–H and O–H groups in total. The SMILES string of the molecule is CCCCC(CC)COP(=O)(O)OCC(CC)CCCC.Cc1cccc2ccccc12. The van der Waals surface area contributed by atoms with Crippen molar-refractivity contribution in [3.8, 4) is 0 Å². The van der Waals surface area contributed by atoms with E-state index in [-0.39, 0.29) is 0 Å². The predicted molar refractivity (Wildman–Crippen MR) is 137 cm³/mol. The fourth-order valence-electron chi connectivity index (χ4n) is 3.62. The molecule has 0 aromatic heterocycles. The Morgan fingerprint density at radius 3 is 1.78 bits per heavy atom. The molecule has 0 fully saturated rings. The lowest BCUT2D eigenvalue weighted by Crippen LogP contribution is -2.12. The van der Waals surface area contributed by atoms with Crippen molar-refractivity contribution in [2.45, 2.75) is 86.0 Å². The Bertz CT molecular complexity index is 763. The van der Waals surface area contributed by atoms with Gasteiger partial charge < -0.3 is 4.89 Å². The van der Waals surface area contributed by atoms with Crippen molar-refractivity contribution < 1.29 is 18.5 Å². The Morgan fingerprint density at radius 1 is 0.812 bits per heavy atom. The van der Waals surface area contributed by atoms with E-state index >= 15 is 0 Å². The molecule has 4 nitrogen and oxygen atoms in total. The quantitative estimate of drug-likeness (QED) is 0.284. The normalized spacial score (nSPS) is 14.9. The lowest BCUT2D eigenvalue weighted by molar-refractivity contribution is 0.110. The van der Waals surface area contributed by atoms with E-state index in [1.165, 1.54) is 16.3 Å². The molecule has 0 heterocycles. The minimum Gasteiger partial charge on any atom is -0.302 e. The van der Waals surface area contributed by atoms with Crippen LogP contribution in [0.25, 0.3) is 10.8 Å². The summed E-state index contributed by atoms with van der Waals surface area (Å²) in [5.74, 6) is 0.687. The maximum atomic E-state index is 11.9. The first-order chi connectivity index (χ1) is 15.4. The van der Waals surface area contributed by atoms with Gasteiger partial charge in [0.1, 0.15) is 0 Å². The van der Waals surface area contributed by atoms with E-state index in [0.717, 1.165) is 51.4 Å². The number of hydrogen-bond donors (Lipinski definition) is 1. The fraction of sp³-hybridized carbons (Fsp3) is 0.630. The molecule has 0 aliphatic heterocycles. The van der Waals surface area contributed by atoms with Crippen molar-refractivity contribution in [3.05, 3.63) is 48.0 Å². The van der Waals surface area contributed by atoms with Gasteiger partial charge in [-0.3, -0.25) is 9.05 Å². The van der Waals surface area contributed by atoms with E-state index in [1.54, 1.807) is 0 Å². The Hall–Kier alpha value is -1.19. The van der Waals surface area contributed by atoms with Crippen molar-refractivity contribution in [1.82, 2.24) is 0 Å². The number of rotatable bonds is 14. The highest BCUT2D eigenvalue weighted by atomic mass is 31.2. The minimum atomic E-state index is -3.89. The number of phosphoric acid groups is 1. The van der Waals surface area contributed by atoms with Crippen molar-refractivity contribution in [2.24, 2.45) is 11.8 Å². The van der Waals surface area contributed by atoms with Crippen LogP contribution in [-0.2, 0) is 13.6 Å². The lowest BCUT2D eigenvalue weighted by Gasteiger charge is -2.20. The molecule has 32 heavy (non-hydrogen) atoms. The van der Waals surface area contributed by atoms with E-state index in [4.69, 9.17) is 9.05 Å². The van der Waals surface area contributed by atoms with Crippen LogP contribution in [-0.4, -0.2) is 18.1 Å². The van der Waals surface area contributed by atoms with Gasteiger partial charge in [0.15, 0.2) is 0 Å². The Balaban J connectivity index is 0.000000382. The largest absolute Gasteiger partial charge is 0.472 e. The third-order valence-electron chi connectivity index (χ3n) is 6.04. The van der Waals surface area contributed by atoms with Gasteiger partial charge in [-0.05, 0) is 47.9 Å². The van der Waals surface area contributed by atoms with Gasteiger partial charge in [-0.1, -0.05) is 109 Å². The van der Waals surface area contributed by atoms with Gasteiger partial charge in [0.05, 0.1) is 13.2 Å². The van der Waals surface area contributed by atoms with E-state index in [9.17, 15) is 9.46 Å². The zero-order valence-corrected chi connectivity index (χ0v) is 21.8. The number of phosphoric ester groups is 1. The fourth-order valence-corrected chi connectivity index (χ4v) is 4.49. The van der Waals surface area contributed by atoms with Gasteiger partial charge in [0.25, 0.3) is 0 Å². The van der Waals surface area contributed by atoms with Crippen LogP contribution in [0, 0.1) is 18.8 Å². The Labute approximate surface area is 196 Å². The molecule has 5 heteroatoms. The van der Waals surface area contributed by atoms with Crippen LogP contribution in [0.15, 0.2) is 42.5 Å². The van der Waals surface area contributed by atoms with Crippen LogP contribution in [0.4, 0.5) is 0 Å².